The van der Waals surface area contributed by atoms with Crippen molar-refractivity contribution in [2.75, 3.05) is 33.4 Å². The number of amides is 1. The van der Waals surface area contributed by atoms with E-state index in [0.29, 0.717) is 24.8 Å². The lowest BCUT2D eigenvalue weighted by Gasteiger charge is -2.26. The zero-order valence-electron chi connectivity index (χ0n) is 15.2. The molecule has 1 amide bonds. The Bertz CT molecular complexity index is 566. The Balaban J connectivity index is 2.21. The van der Waals surface area contributed by atoms with Gasteiger partial charge in [-0.05, 0) is 12.3 Å². The van der Waals surface area contributed by atoms with E-state index in [1.54, 1.807) is 7.11 Å². The summed E-state index contributed by atoms with van der Waals surface area (Å²) in [7, 11) is 1.63. The fourth-order valence-electron chi connectivity index (χ4n) is 2.98. The molecule has 0 bridgehead atoms. The summed E-state index contributed by atoms with van der Waals surface area (Å²) < 4.78 is 7.05. The highest BCUT2D eigenvalue weighted by atomic mass is 16.5. The SMILES string of the molecule is C=CCN1CCc2c(c(C(=O)NCCOC)nn2CCC(C)C)C1. The molecule has 1 aliphatic rings. The van der Waals surface area contributed by atoms with Crippen LogP contribution in [0.5, 0.6) is 0 Å². The molecule has 1 aliphatic heterocycles. The molecule has 6 heteroatoms. The summed E-state index contributed by atoms with van der Waals surface area (Å²) in [5.74, 6) is 0.511. The number of methoxy groups -OCH3 is 1. The van der Waals surface area contributed by atoms with Gasteiger partial charge in [0.05, 0.1) is 6.61 Å². The van der Waals surface area contributed by atoms with Crippen LogP contribution >= 0.6 is 0 Å². The number of hydrogen-bond donors (Lipinski definition) is 1. The predicted molar refractivity (Wildman–Crippen MR) is 95.1 cm³/mol. The third-order valence-electron chi connectivity index (χ3n) is 4.33. The van der Waals surface area contributed by atoms with Crippen molar-refractivity contribution in [1.82, 2.24) is 20.0 Å². The first-order valence-corrected chi connectivity index (χ1v) is 8.75. The second-order valence-corrected chi connectivity index (χ2v) is 6.70. The van der Waals surface area contributed by atoms with Crippen molar-refractivity contribution in [3.8, 4) is 0 Å². The lowest BCUT2D eigenvalue weighted by atomic mass is 10.0. The molecule has 0 saturated heterocycles. The van der Waals surface area contributed by atoms with Crippen LogP contribution < -0.4 is 5.32 Å². The molecule has 134 valence electrons. The highest BCUT2D eigenvalue weighted by Gasteiger charge is 2.27. The van der Waals surface area contributed by atoms with E-state index in [-0.39, 0.29) is 5.91 Å². The zero-order valence-corrected chi connectivity index (χ0v) is 15.2. The van der Waals surface area contributed by atoms with Gasteiger partial charge in [0.15, 0.2) is 5.69 Å². The van der Waals surface area contributed by atoms with Gasteiger partial charge in [0.2, 0.25) is 0 Å². The van der Waals surface area contributed by atoms with Crippen LogP contribution in [-0.2, 0) is 24.2 Å². The topological polar surface area (TPSA) is 59.4 Å². The van der Waals surface area contributed by atoms with E-state index in [0.717, 1.165) is 44.6 Å². The number of nitrogens with one attached hydrogen (secondary N) is 1. The molecule has 0 aromatic carbocycles. The Morgan fingerprint density at radius 3 is 2.96 bits per heavy atom. The third-order valence-corrected chi connectivity index (χ3v) is 4.33. The molecule has 6 nitrogen and oxygen atoms in total. The number of aryl methyl sites for hydroxylation is 1. The van der Waals surface area contributed by atoms with Crippen LogP contribution in [0.15, 0.2) is 12.7 Å². The number of carbonyl (C=O) groups excluding carboxylic acids is 1. The molecule has 24 heavy (non-hydrogen) atoms. The quantitative estimate of drug-likeness (QED) is 0.553. The highest BCUT2D eigenvalue weighted by molar-refractivity contribution is 5.94. The van der Waals surface area contributed by atoms with Crippen LogP contribution in [0.3, 0.4) is 0 Å². The molecule has 0 spiro atoms. The first-order chi connectivity index (χ1) is 11.6. The Morgan fingerprint density at radius 2 is 2.29 bits per heavy atom. The van der Waals surface area contributed by atoms with Crippen molar-refractivity contribution in [3.63, 3.8) is 0 Å². The summed E-state index contributed by atoms with van der Waals surface area (Å²) in [6.45, 7) is 12.7. The Morgan fingerprint density at radius 1 is 1.50 bits per heavy atom. The molecular weight excluding hydrogens is 304 g/mol. The fraction of sp³-hybridized carbons (Fsp3) is 0.667. The van der Waals surface area contributed by atoms with E-state index in [4.69, 9.17) is 4.74 Å². The van der Waals surface area contributed by atoms with Gasteiger partial charge in [-0.3, -0.25) is 14.4 Å². The van der Waals surface area contributed by atoms with E-state index in [1.807, 2.05) is 10.8 Å². The lowest BCUT2D eigenvalue weighted by Crippen LogP contribution is -2.33. The van der Waals surface area contributed by atoms with Crippen LogP contribution in [0.25, 0.3) is 0 Å². The van der Waals surface area contributed by atoms with Gasteiger partial charge in [-0.1, -0.05) is 19.9 Å². The average Bonchev–Trinajstić information content (AvgIpc) is 2.91. The van der Waals surface area contributed by atoms with Gasteiger partial charge in [0.1, 0.15) is 0 Å². The monoisotopic (exact) mass is 334 g/mol. The first kappa shape index (κ1) is 18.7. The fourth-order valence-corrected chi connectivity index (χ4v) is 2.98. The summed E-state index contributed by atoms with van der Waals surface area (Å²) >= 11 is 0. The van der Waals surface area contributed by atoms with Crippen molar-refractivity contribution in [1.29, 1.82) is 0 Å². The van der Waals surface area contributed by atoms with Gasteiger partial charge < -0.3 is 10.1 Å². The summed E-state index contributed by atoms with van der Waals surface area (Å²) in [4.78, 5) is 14.8. The largest absolute Gasteiger partial charge is 0.383 e. The number of ether oxygens (including phenoxy) is 1. The van der Waals surface area contributed by atoms with Crippen molar-refractivity contribution >= 4 is 5.91 Å². The number of fused-ring (bicyclic) bond motifs is 1. The molecule has 0 unspecified atom stereocenters. The van der Waals surface area contributed by atoms with Crippen LogP contribution in [-0.4, -0.2) is 53.9 Å². The minimum Gasteiger partial charge on any atom is -0.383 e. The second-order valence-electron chi connectivity index (χ2n) is 6.70. The van der Waals surface area contributed by atoms with Crippen molar-refractivity contribution in [3.05, 3.63) is 29.6 Å². The Hall–Kier alpha value is -1.66. The van der Waals surface area contributed by atoms with Crippen LogP contribution in [0.2, 0.25) is 0 Å². The smallest absolute Gasteiger partial charge is 0.272 e. The minimum atomic E-state index is -0.105. The summed E-state index contributed by atoms with van der Waals surface area (Å²) in [6.07, 6.45) is 3.90. The minimum absolute atomic E-state index is 0.105. The highest BCUT2D eigenvalue weighted by Crippen LogP contribution is 2.23. The van der Waals surface area contributed by atoms with E-state index in [9.17, 15) is 4.79 Å². The maximum Gasteiger partial charge on any atom is 0.272 e. The standard InChI is InChI=1S/C18H30N4O2/c1-5-9-21-10-7-16-15(13-21)17(18(23)19-8-12-24-4)20-22(16)11-6-14(2)3/h5,14H,1,6-13H2,2-4H3,(H,19,23). The maximum atomic E-state index is 12.5. The molecule has 0 radical (unpaired) electrons. The lowest BCUT2D eigenvalue weighted by molar-refractivity contribution is 0.0929. The number of carbonyl (C=O) groups is 1. The van der Waals surface area contributed by atoms with Crippen molar-refractivity contribution < 1.29 is 9.53 Å². The van der Waals surface area contributed by atoms with Crippen molar-refractivity contribution in [2.45, 2.75) is 39.8 Å². The molecule has 1 aromatic heterocycles. The van der Waals surface area contributed by atoms with E-state index >= 15 is 0 Å². The van der Waals surface area contributed by atoms with Gasteiger partial charge in [0.25, 0.3) is 5.91 Å². The molecule has 2 heterocycles. The molecule has 0 atom stereocenters. The van der Waals surface area contributed by atoms with Crippen LogP contribution in [0.4, 0.5) is 0 Å². The molecule has 0 aliphatic carbocycles. The maximum absolute atomic E-state index is 12.5. The number of nitrogens with zero attached hydrogens (tertiary/aromatic N) is 3. The van der Waals surface area contributed by atoms with Crippen LogP contribution in [0, 0.1) is 5.92 Å². The summed E-state index contributed by atoms with van der Waals surface area (Å²) in [6, 6.07) is 0. The van der Waals surface area contributed by atoms with Gasteiger partial charge in [-0.15, -0.1) is 6.58 Å². The summed E-state index contributed by atoms with van der Waals surface area (Å²) in [5, 5.41) is 7.54. The van der Waals surface area contributed by atoms with Gasteiger partial charge in [-0.25, -0.2) is 0 Å². The van der Waals surface area contributed by atoms with Gasteiger partial charge in [-0.2, -0.15) is 5.10 Å². The third kappa shape index (κ3) is 4.68. The van der Waals surface area contributed by atoms with E-state index < -0.39 is 0 Å². The Labute approximate surface area is 144 Å². The molecule has 0 saturated carbocycles. The predicted octanol–water partition coefficient (Wildman–Crippen LogP) is 1.85. The molecule has 0 fully saturated rings. The molecule has 1 N–H and O–H groups in total. The molecular formula is C18H30N4O2. The first-order valence-electron chi connectivity index (χ1n) is 8.75. The number of rotatable bonds is 9. The number of hydrogen-bond acceptors (Lipinski definition) is 4. The molecule has 2 rings (SSSR count). The Kier molecular flexibility index (Phi) is 6.99. The zero-order chi connectivity index (χ0) is 17.5. The number of aromatic nitrogens is 2. The van der Waals surface area contributed by atoms with Gasteiger partial charge >= 0.3 is 0 Å². The van der Waals surface area contributed by atoms with Gasteiger partial charge in [0, 0.05) is 57.5 Å². The molecule has 1 aromatic rings. The second kappa shape index (κ2) is 8.99. The normalized spacial score (nSPS) is 14.7. The van der Waals surface area contributed by atoms with Crippen LogP contribution in [0.1, 0.15) is 42.0 Å². The van der Waals surface area contributed by atoms with Crippen molar-refractivity contribution in [2.24, 2.45) is 5.92 Å². The average molecular weight is 334 g/mol. The summed E-state index contributed by atoms with van der Waals surface area (Å²) in [5.41, 5.74) is 2.85. The van der Waals surface area contributed by atoms with E-state index in [2.05, 4.69) is 35.7 Å². The van der Waals surface area contributed by atoms with E-state index in [1.165, 1.54) is 5.69 Å².